The zero-order valence-electron chi connectivity index (χ0n) is 15.2. The van der Waals surface area contributed by atoms with E-state index in [0.717, 1.165) is 5.56 Å². The number of para-hydroxylation sites is 1. The molecule has 0 saturated carbocycles. The first-order valence-electron chi connectivity index (χ1n) is 8.68. The lowest BCUT2D eigenvalue weighted by Gasteiger charge is -2.06. The highest BCUT2D eigenvalue weighted by Crippen LogP contribution is 2.22. The van der Waals surface area contributed by atoms with E-state index in [4.69, 9.17) is 21.1 Å². The normalized spacial score (nSPS) is 10.5. The first-order chi connectivity index (χ1) is 14.1. The highest BCUT2D eigenvalue weighted by Gasteiger charge is 2.07. The Hall–Kier alpha value is -3.64. The number of nitrogens with zero attached hydrogens (tertiary/aromatic N) is 1. The molecule has 1 N–H and O–H groups in total. The van der Waals surface area contributed by atoms with Crippen LogP contribution in [0.5, 0.6) is 11.5 Å². The number of hydrogen-bond acceptors (Lipinski definition) is 5. The standard InChI is InChI=1S/C22H17ClN2O4/c23-19-8-4-5-9-20(19)28-15-21(26)25-24-14-16-10-12-18(13-11-16)29-22(27)17-6-2-1-3-7-17/h1-14H,15H2,(H,25,26)/b24-14+. The SMILES string of the molecule is O=C(COc1ccccc1Cl)N/N=C/c1ccc(OC(=O)c2ccccc2)cc1. The average Bonchev–Trinajstić information content (AvgIpc) is 2.75. The van der Waals surface area contributed by atoms with Crippen molar-refractivity contribution in [2.45, 2.75) is 0 Å². The third-order valence-corrected chi connectivity index (χ3v) is 4.01. The van der Waals surface area contributed by atoms with Crippen molar-refractivity contribution in [3.05, 3.63) is 95.0 Å². The third-order valence-electron chi connectivity index (χ3n) is 3.70. The van der Waals surface area contributed by atoms with Crippen molar-refractivity contribution in [1.29, 1.82) is 0 Å². The Morgan fingerprint density at radius 1 is 0.931 bits per heavy atom. The quantitative estimate of drug-likeness (QED) is 0.276. The number of halogens is 1. The van der Waals surface area contributed by atoms with Crippen molar-refractivity contribution in [2.24, 2.45) is 5.10 Å². The number of benzene rings is 3. The minimum atomic E-state index is -0.433. The van der Waals surface area contributed by atoms with Crippen molar-refractivity contribution >= 4 is 29.7 Å². The highest BCUT2D eigenvalue weighted by molar-refractivity contribution is 6.32. The Bertz CT molecular complexity index is 1000. The van der Waals surface area contributed by atoms with Gasteiger partial charge in [-0.2, -0.15) is 5.10 Å². The van der Waals surface area contributed by atoms with Gasteiger partial charge in [0, 0.05) is 0 Å². The number of amides is 1. The molecule has 0 fully saturated rings. The van der Waals surface area contributed by atoms with E-state index in [-0.39, 0.29) is 6.61 Å². The second kappa shape index (κ2) is 10.1. The Balaban J connectivity index is 1.46. The lowest BCUT2D eigenvalue weighted by molar-refractivity contribution is -0.123. The van der Waals surface area contributed by atoms with Crippen LogP contribution in [0.1, 0.15) is 15.9 Å². The van der Waals surface area contributed by atoms with Crippen LogP contribution in [0.25, 0.3) is 0 Å². The van der Waals surface area contributed by atoms with E-state index in [2.05, 4.69) is 10.5 Å². The summed E-state index contributed by atoms with van der Waals surface area (Å²) in [7, 11) is 0. The number of nitrogens with one attached hydrogen (secondary N) is 1. The number of hydrazone groups is 1. The van der Waals surface area contributed by atoms with Crippen LogP contribution in [-0.4, -0.2) is 24.7 Å². The molecule has 0 saturated heterocycles. The van der Waals surface area contributed by atoms with Gasteiger partial charge >= 0.3 is 5.97 Å². The van der Waals surface area contributed by atoms with Gasteiger partial charge in [-0.3, -0.25) is 4.79 Å². The molecule has 7 heteroatoms. The summed E-state index contributed by atoms with van der Waals surface area (Å²) in [5.74, 6) is -0.0190. The summed E-state index contributed by atoms with van der Waals surface area (Å²) >= 11 is 5.95. The van der Waals surface area contributed by atoms with E-state index in [0.29, 0.717) is 22.1 Å². The van der Waals surface area contributed by atoms with E-state index in [1.807, 2.05) is 6.07 Å². The number of hydrogen-bond donors (Lipinski definition) is 1. The maximum Gasteiger partial charge on any atom is 0.343 e. The zero-order valence-corrected chi connectivity index (χ0v) is 16.0. The summed E-state index contributed by atoms with van der Waals surface area (Å²) < 4.78 is 10.6. The van der Waals surface area contributed by atoms with E-state index < -0.39 is 11.9 Å². The van der Waals surface area contributed by atoms with Gasteiger partial charge < -0.3 is 9.47 Å². The fourth-order valence-corrected chi connectivity index (χ4v) is 2.47. The lowest BCUT2D eigenvalue weighted by Crippen LogP contribution is -2.24. The van der Waals surface area contributed by atoms with Gasteiger partial charge in [-0.1, -0.05) is 41.9 Å². The number of carbonyl (C=O) groups excluding carboxylic acids is 2. The van der Waals surface area contributed by atoms with Crippen molar-refractivity contribution in [2.75, 3.05) is 6.61 Å². The van der Waals surface area contributed by atoms with E-state index in [9.17, 15) is 9.59 Å². The first kappa shape index (κ1) is 20.1. The van der Waals surface area contributed by atoms with Crippen LogP contribution < -0.4 is 14.9 Å². The maximum absolute atomic E-state index is 12.0. The van der Waals surface area contributed by atoms with Crippen LogP contribution in [0, 0.1) is 0 Å². The molecule has 0 aliphatic carbocycles. The second-order valence-electron chi connectivity index (χ2n) is 5.84. The van der Waals surface area contributed by atoms with Crippen molar-refractivity contribution in [3.63, 3.8) is 0 Å². The van der Waals surface area contributed by atoms with Gasteiger partial charge in [-0.05, 0) is 54.1 Å². The van der Waals surface area contributed by atoms with Crippen molar-refractivity contribution < 1.29 is 19.1 Å². The molecule has 0 heterocycles. The molecule has 1 amide bonds. The zero-order chi connectivity index (χ0) is 20.5. The Morgan fingerprint density at radius 3 is 2.34 bits per heavy atom. The molecule has 146 valence electrons. The molecule has 6 nitrogen and oxygen atoms in total. The second-order valence-corrected chi connectivity index (χ2v) is 6.24. The minimum Gasteiger partial charge on any atom is -0.482 e. The van der Waals surface area contributed by atoms with Gasteiger partial charge in [-0.15, -0.1) is 0 Å². The fraction of sp³-hybridized carbons (Fsp3) is 0.0455. The maximum atomic E-state index is 12.0. The smallest absolute Gasteiger partial charge is 0.343 e. The Kier molecular flexibility index (Phi) is 6.97. The Morgan fingerprint density at radius 2 is 1.62 bits per heavy atom. The summed E-state index contributed by atoms with van der Waals surface area (Å²) in [5.41, 5.74) is 3.56. The summed E-state index contributed by atoms with van der Waals surface area (Å²) in [6, 6.07) is 22.3. The topological polar surface area (TPSA) is 77.0 Å². The molecule has 0 aliphatic heterocycles. The van der Waals surface area contributed by atoms with E-state index in [1.165, 1.54) is 6.21 Å². The summed E-state index contributed by atoms with van der Waals surface area (Å²) in [5, 5.41) is 4.30. The Labute approximate surface area is 172 Å². The molecule has 3 aromatic carbocycles. The predicted molar refractivity (Wildman–Crippen MR) is 111 cm³/mol. The summed E-state index contributed by atoms with van der Waals surface area (Å²) in [4.78, 5) is 23.8. The number of esters is 1. The molecular formula is C22H17ClN2O4. The summed E-state index contributed by atoms with van der Waals surface area (Å²) in [6.45, 7) is -0.213. The van der Waals surface area contributed by atoms with Crippen LogP contribution in [0.3, 0.4) is 0 Å². The fourth-order valence-electron chi connectivity index (χ4n) is 2.28. The van der Waals surface area contributed by atoms with Gasteiger partial charge in [0.05, 0.1) is 16.8 Å². The molecule has 0 radical (unpaired) electrons. The molecule has 0 atom stereocenters. The largest absolute Gasteiger partial charge is 0.482 e. The van der Waals surface area contributed by atoms with Crippen LogP contribution in [-0.2, 0) is 4.79 Å². The van der Waals surface area contributed by atoms with Gasteiger partial charge in [-0.25, -0.2) is 10.2 Å². The molecular weight excluding hydrogens is 392 g/mol. The van der Waals surface area contributed by atoms with Gasteiger partial charge in [0.25, 0.3) is 5.91 Å². The summed E-state index contributed by atoms with van der Waals surface area (Å²) in [6.07, 6.45) is 1.47. The highest BCUT2D eigenvalue weighted by atomic mass is 35.5. The lowest BCUT2D eigenvalue weighted by atomic mass is 10.2. The molecule has 3 rings (SSSR count). The molecule has 0 bridgehead atoms. The predicted octanol–water partition coefficient (Wildman–Crippen LogP) is 4.09. The average molecular weight is 409 g/mol. The van der Waals surface area contributed by atoms with E-state index in [1.54, 1.807) is 72.8 Å². The molecule has 0 unspecified atom stereocenters. The molecule has 0 aromatic heterocycles. The van der Waals surface area contributed by atoms with E-state index >= 15 is 0 Å². The van der Waals surface area contributed by atoms with Crippen LogP contribution in [0.2, 0.25) is 5.02 Å². The van der Waals surface area contributed by atoms with Gasteiger partial charge in [0.1, 0.15) is 11.5 Å². The van der Waals surface area contributed by atoms with Crippen LogP contribution >= 0.6 is 11.6 Å². The molecule has 29 heavy (non-hydrogen) atoms. The number of rotatable bonds is 7. The van der Waals surface area contributed by atoms with Crippen molar-refractivity contribution in [3.8, 4) is 11.5 Å². The third kappa shape index (κ3) is 6.19. The number of carbonyl (C=O) groups is 2. The van der Waals surface area contributed by atoms with Crippen molar-refractivity contribution in [1.82, 2.24) is 5.43 Å². The van der Waals surface area contributed by atoms with Crippen LogP contribution in [0.15, 0.2) is 84.0 Å². The van der Waals surface area contributed by atoms with Gasteiger partial charge in [0.2, 0.25) is 0 Å². The molecule has 0 spiro atoms. The van der Waals surface area contributed by atoms with Gasteiger partial charge in [0.15, 0.2) is 6.61 Å². The van der Waals surface area contributed by atoms with Crippen LogP contribution in [0.4, 0.5) is 0 Å². The molecule has 0 aliphatic rings. The monoisotopic (exact) mass is 408 g/mol. The number of ether oxygens (including phenoxy) is 2. The minimum absolute atomic E-state index is 0.213. The first-order valence-corrected chi connectivity index (χ1v) is 9.06. The molecule has 3 aromatic rings.